The maximum Gasteiger partial charge on any atom is 0.253 e. The van der Waals surface area contributed by atoms with Crippen LogP contribution in [0.5, 0.6) is 0 Å². The molecule has 0 radical (unpaired) electrons. The molecule has 3 N–H and O–H groups in total. The van der Waals surface area contributed by atoms with E-state index in [1.165, 1.54) is 6.08 Å². The van der Waals surface area contributed by atoms with Gasteiger partial charge < -0.3 is 20.7 Å². The summed E-state index contributed by atoms with van der Waals surface area (Å²) in [6.07, 6.45) is 13.9. The molecule has 2 fully saturated rings. The molecule has 8 heteroatoms. The van der Waals surface area contributed by atoms with Crippen molar-refractivity contribution in [3.63, 3.8) is 0 Å². The number of carbonyl (C=O) groups excluding carboxylic acids is 1. The molecule has 2 aliphatic heterocycles. The molecule has 1 amide bonds. The van der Waals surface area contributed by atoms with Crippen LogP contribution in [0.1, 0.15) is 44.1 Å². The summed E-state index contributed by atoms with van der Waals surface area (Å²) in [5.41, 5.74) is 9.33. The number of nitrogens with zero attached hydrogens (tertiary/aromatic N) is 3. The Morgan fingerprint density at radius 1 is 1.29 bits per heavy atom. The number of carbonyl (C=O) groups is 1. The first kappa shape index (κ1) is 23.9. The number of anilines is 1. The van der Waals surface area contributed by atoms with Crippen LogP contribution in [0.15, 0.2) is 58.8 Å². The molecule has 0 bridgehead atoms. The third kappa shape index (κ3) is 4.95. The highest BCUT2D eigenvalue weighted by Gasteiger charge is 2.36. The van der Waals surface area contributed by atoms with Gasteiger partial charge in [0, 0.05) is 37.7 Å². The summed E-state index contributed by atoms with van der Waals surface area (Å²) in [6.45, 7) is 3.61. The van der Waals surface area contributed by atoms with Crippen LogP contribution in [-0.4, -0.2) is 60.4 Å². The lowest BCUT2D eigenvalue weighted by molar-refractivity contribution is -0.113. The molecule has 1 saturated heterocycles. The highest BCUT2D eigenvalue weighted by atomic mass is 19.1. The van der Waals surface area contributed by atoms with Crippen molar-refractivity contribution in [2.75, 3.05) is 25.6 Å². The fraction of sp³-hybridized carbons (Fsp3) is 0.519. The number of nitrogens with two attached hydrogens (primary N) is 1. The smallest absolute Gasteiger partial charge is 0.253 e. The van der Waals surface area contributed by atoms with E-state index in [9.17, 15) is 9.18 Å². The van der Waals surface area contributed by atoms with Crippen molar-refractivity contribution in [2.45, 2.75) is 56.7 Å². The van der Waals surface area contributed by atoms with E-state index in [-0.39, 0.29) is 29.7 Å². The number of dihydropyridines is 1. The van der Waals surface area contributed by atoms with Crippen LogP contribution in [0.4, 0.5) is 10.1 Å². The number of aliphatic imine (C=N–C) groups is 1. The summed E-state index contributed by atoms with van der Waals surface area (Å²) in [5.74, 6) is -0.370. The molecule has 1 aromatic heterocycles. The minimum Gasteiger partial charge on any atom is -0.379 e. The number of amides is 1. The van der Waals surface area contributed by atoms with Crippen molar-refractivity contribution in [1.82, 2.24) is 9.88 Å². The van der Waals surface area contributed by atoms with Gasteiger partial charge >= 0.3 is 0 Å². The van der Waals surface area contributed by atoms with Gasteiger partial charge in [-0.1, -0.05) is 6.92 Å². The number of ether oxygens (including phenoxy) is 1. The first-order valence-corrected chi connectivity index (χ1v) is 12.5. The lowest BCUT2D eigenvalue weighted by Crippen LogP contribution is -2.37. The zero-order valence-corrected chi connectivity index (χ0v) is 20.4. The predicted molar refractivity (Wildman–Crippen MR) is 135 cm³/mol. The van der Waals surface area contributed by atoms with Crippen LogP contribution in [0.2, 0.25) is 0 Å². The fourth-order valence-corrected chi connectivity index (χ4v) is 5.88. The fourth-order valence-electron chi connectivity index (χ4n) is 5.88. The Hall–Kier alpha value is -2.84. The summed E-state index contributed by atoms with van der Waals surface area (Å²) in [4.78, 5) is 24.4. The van der Waals surface area contributed by atoms with E-state index in [1.807, 2.05) is 19.2 Å². The molecule has 3 heterocycles. The molecule has 1 saturated carbocycles. The van der Waals surface area contributed by atoms with Gasteiger partial charge in [0.2, 0.25) is 0 Å². The number of rotatable bonds is 5. The van der Waals surface area contributed by atoms with Crippen molar-refractivity contribution < 1.29 is 13.9 Å². The van der Waals surface area contributed by atoms with Gasteiger partial charge in [-0.2, -0.15) is 0 Å². The summed E-state index contributed by atoms with van der Waals surface area (Å²) in [5, 5.41) is 3.05. The van der Waals surface area contributed by atoms with Crippen molar-refractivity contribution in [3.8, 4) is 0 Å². The second kappa shape index (κ2) is 10.0. The second-order valence-corrected chi connectivity index (χ2v) is 10.3. The first-order chi connectivity index (χ1) is 16.9. The lowest BCUT2D eigenvalue weighted by atomic mass is 9.76. The van der Waals surface area contributed by atoms with Crippen molar-refractivity contribution in [2.24, 2.45) is 22.6 Å². The van der Waals surface area contributed by atoms with Gasteiger partial charge in [-0.3, -0.25) is 14.8 Å². The normalized spacial score (nSPS) is 32.3. The van der Waals surface area contributed by atoms with Crippen LogP contribution < -0.4 is 11.1 Å². The van der Waals surface area contributed by atoms with Crippen molar-refractivity contribution in [1.29, 1.82) is 0 Å². The third-order valence-corrected chi connectivity index (χ3v) is 7.76. The molecule has 5 rings (SSSR count). The number of fused-ring (bicyclic) bond motifs is 1. The third-order valence-electron chi connectivity index (χ3n) is 7.76. The Balaban J connectivity index is 1.34. The Labute approximate surface area is 206 Å². The molecular formula is C27H34FN5O2. The van der Waals surface area contributed by atoms with Gasteiger partial charge in [-0.25, -0.2) is 4.39 Å². The molecule has 0 aromatic carbocycles. The lowest BCUT2D eigenvalue weighted by Gasteiger charge is -2.34. The van der Waals surface area contributed by atoms with Crippen LogP contribution in [0.25, 0.3) is 0 Å². The number of hydrogen-bond donors (Lipinski definition) is 2. The Kier molecular flexibility index (Phi) is 6.84. The van der Waals surface area contributed by atoms with E-state index in [1.54, 1.807) is 24.7 Å². The molecule has 0 spiro atoms. The number of aromatic nitrogens is 1. The highest BCUT2D eigenvalue weighted by Crippen LogP contribution is 2.39. The van der Waals surface area contributed by atoms with E-state index in [2.05, 4.69) is 27.1 Å². The maximum absolute atomic E-state index is 14.9. The summed E-state index contributed by atoms with van der Waals surface area (Å²) in [6, 6.07) is 1.78. The number of halogens is 1. The number of allylic oxidation sites excluding steroid dienone is 3. The second-order valence-electron chi connectivity index (χ2n) is 10.3. The zero-order valence-electron chi connectivity index (χ0n) is 20.4. The number of pyridine rings is 1. The molecule has 186 valence electrons. The maximum atomic E-state index is 14.9. The van der Waals surface area contributed by atoms with Crippen molar-refractivity contribution in [3.05, 3.63) is 59.3 Å². The molecule has 3 unspecified atom stereocenters. The number of nitrogens with one attached hydrogen (secondary N) is 1. The average molecular weight is 480 g/mol. The van der Waals surface area contributed by atoms with Crippen LogP contribution >= 0.6 is 0 Å². The standard InChI is InChI=1S/C27H34FN5O2/c1-16-9-17(11-18(29)10-16)21-5-7-30-14-25(21)32-27(34)22-3-4-24(28)23-12-20(13-31-26(22)23)33(2)19-6-8-35-15-19/h3-5,7,12-14,16-19,23,26H,6,8-11,15,29H2,1-2H3,(H,32,34)/t16-,17+,18-,19?,23?,26?/m0/s1. The van der Waals surface area contributed by atoms with E-state index >= 15 is 0 Å². The Bertz CT molecular complexity index is 1080. The predicted octanol–water partition coefficient (Wildman–Crippen LogP) is 3.72. The molecule has 35 heavy (non-hydrogen) atoms. The number of hydrogen-bond acceptors (Lipinski definition) is 6. The van der Waals surface area contributed by atoms with Gasteiger partial charge in [-0.05, 0) is 67.4 Å². The average Bonchev–Trinajstić information content (AvgIpc) is 3.38. The van der Waals surface area contributed by atoms with Gasteiger partial charge in [-0.15, -0.1) is 0 Å². The Morgan fingerprint density at radius 2 is 2.14 bits per heavy atom. The quantitative estimate of drug-likeness (QED) is 0.672. The van der Waals surface area contributed by atoms with Gasteiger partial charge in [0.1, 0.15) is 5.83 Å². The van der Waals surface area contributed by atoms with E-state index in [0.29, 0.717) is 23.8 Å². The van der Waals surface area contributed by atoms with Gasteiger partial charge in [0.15, 0.2) is 0 Å². The SMILES string of the molecule is C[C@@H]1C[C@H](N)C[C@H](c2ccncc2NC(=O)C2=CC=C(F)C3C=C(N(C)C4CCOC4)C=NC23)C1. The minimum absolute atomic E-state index is 0.155. The van der Waals surface area contributed by atoms with Crippen LogP contribution in [0.3, 0.4) is 0 Å². The molecule has 2 aliphatic carbocycles. The molecule has 4 aliphatic rings. The van der Waals surface area contributed by atoms with Gasteiger partial charge in [0.25, 0.3) is 5.91 Å². The summed E-state index contributed by atoms with van der Waals surface area (Å²) in [7, 11) is 1.98. The minimum atomic E-state index is -0.601. The largest absolute Gasteiger partial charge is 0.379 e. The van der Waals surface area contributed by atoms with E-state index < -0.39 is 12.0 Å². The van der Waals surface area contributed by atoms with Gasteiger partial charge in [0.05, 0.1) is 42.2 Å². The van der Waals surface area contributed by atoms with Crippen molar-refractivity contribution >= 4 is 17.8 Å². The highest BCUT2D eigenvalue weighted by molar-refractivity contribution is 6.06. The summed E-state index contributed by atoms with van der Waals surface area (Å²) < 4.78 is 20.4. The zero-order chi connectivity index (χ0) is 24.5. The molecular weight excluding hydrogens is 445 g/mol. The summed E-state index contributed by atoms with van der Waals surface area (Å²) >= 11 is 0. The topological polar surface area (TPSA) is 92.8 Å². The monoisotopic (exact) mass is 479 g/mol. The van der Waals surface area contributed by atoms with E-state index in [4.69, 9.17) is 10.5 Å². The van der Waals surface area contributed by atoms with Crippen LogP contribution in [-0.2, 0) is 9.53 Å². The van der Waals surface area contributed by atoms with E-state index in [0.717, 1.165) is 43.6 Å². The molecule has 6 atom stereocenters. The molecule has 1 aromatic rings. The Morgan fingerprint density at radius 3 is 2.91 bits per heavy atom. The molecule has 7 nitrogen and oxygen atoms in total. The number of likely N-dealkylation sites (N-methyl/N-ethyl adjacent to an activating group) is 1. The first-order valence-electron chi connectivity index (χ1n) is 12.5. The van der Waals surface area contributed by atoms with Crippen LogP contribution in [0, 0.1) is 11.8 Å².